The van der Waals surface area contributed by atoms with Crippen LogP contribution in [0, 0.1) is 18.8 Å². The van der Waals surface area contributed by atoms with E-state index in [1.807, 2.05) is 0 Å². The van der Waals surface area contributed by atoms with E-state index in [1.165, 1.54) is 19.3 Å². The van der Waals surface area contributed by atoms with Crippen LogP contribution in [0.2, 0.25) is 0 Å². The summed E-state index contributed by atoms with van der Waals surface area (Å²) in [5, 5.41) is 21.6. The van der Waals surface area contributed by atoms with Crippen LogP contribution >= 0.6 is 0 Å². The third-order valence-corrected chi connectivity index (χ3v) is 4.82. The van der Waals surface area contributed by atoms with Gasteiger partial charge in [0.15, 0.2) is 5.78 Å². The Hall–Kier alpha value is -1.50. The maximum absolute atomic E-state index is 12.2. The summed E-state index contributed by atoms with van der Waals surface area (Å²) >= 11 is 0. The number of hydrogen-bond acceptors (Lipinski definition) is 6. The highest BCUT2D eigenvalue weighted by Gasteiger charge is 2.17. The Morgan fingerprint density at radius 3 is 2.68 bits per heavy atom. The molecule has 0 bridgehead atoms. The lowest BCUT2D eigenvalue weighted by Gasteiger charge is -2.22. The molecule has 1 aromatic heterocycles. The molecule has 25 heavy (non-hydrogen) atoms. The van der Waals surface area contributed by atoms with Crippen LogP contribution in [0.3, 0.4) is 0 Å². The Morgan fingerprint density at radius 2 is 2.04 bits per heavy atom. The number of carbonyl (C=O) groups excluding carboxylic acids is 1. The monoisotopic (exact) mass is 350 g/mol. The molecule has 0 aliphatic carbocycles. The third-order valence-electron chi connectivity index (χ3n) is 4.82. The number of pyridine rings is 1. The highest BCUT2D eigenvalue weighted by atomic mass is 16.5. The molecule has 6 heteroatoms. The van der Waals surface area contributed by atoms with Gasteiger partial charge in [-0.2, -0.15) is 0 Å². The summed E-state index contributed by atoms with van der Waals surface area (Å²) in [7, 11) is 0. The van der Waals surface area contributed by atoms with E-state index in [1.54, 1.807) is 19.1 Å². The zero-order chi connectivity index (χ0) is 18.1. The molecule has 0 amide bonds. The lowest BCUT2D eigenvalue weighted by Crippen LogP contribution is -2.27. The first-order valence-electron chi connectivity index (χ1n) is 9.20. The number of ketones is 1. The Kier molecular flexibility index (Phi) is 8.31. The average Bonchev–Trinajstić information content (AvgIpc) is 2.64. The lowest BCUT2D eigenvalue weighted by molar-refractivity contribution is 0.0878. The van der Waals surface area contributed by atoms with E-state index < -0.39 is 5.92 Å². The number of ether oxygens (including phenoxy) is 1. The number of rotatable bonds is 10. The number of Topliss-reactive ketones (excluding diaryl/α,β-unsaturated/α-hetero) is 1. The molecule has 3 N–H and O–H groups in total. The molecule has 1 aliphatic heterocycles. The molecule has 6 nitrogen and oxygen atoms in total. The van der Waals surface area contributed by atoms with E-state index in [4.69, 9.17) is 14.9 Å². The molecule has 1 fully saturated rings. The first-order valence-corrected chi connectivity index (χ1v) is 9.20. The van der Waals surface area contributed by atoms with Crippen LogP contribution in [0.1, 0.15) is 48.2 Å². The highest BCUT2D eigenvalue weighted by molar-refractivity contribution is 5.97. The van der Waals surface area contributed by atoms with Crippen molar-refractivity contribution in [2.45, 2.75) is 39.0 Å². The zero-order valence-corrected chi connectivity index (χ0v) is 15.0. The van der Waals surface area contributed by atoms with Gasteiger partial charge in [0.25, 0.3) is 0 Å². The number of aliphatic hydroxyl groups excluding tert-OH is 2. The molecule has 2 heterocycles. The van der Waals surface area contributed by atoms with Crippen LogP contribution in [0.4, 0.5) is 0 Å². The van der Waals surface area contributed by atoms with Gasteiger partial charge in [0.1, 0.15) is 0 Å². The molecular weight excluding hydrogens is 320 g/mol. The van der Waals surface area contributed by atoms with Gasteiger partial charge < -0.3 is 20.3 Å². The van der Waals surface area contributed by atoms with Gasteiger partial charge in [0.2, 0.25) is 5.88 Å². The molecule has 1 aliphatic rings. The molecule has 0 aromatic carbocycles. The first-order chi connectivity index (χ1) is 12.1. The molecule has 140 valence electrons. The van der Waals surface area contributed by atoms with Crippen molar-refractivity contribution in [2.75, 3.05) is 32.9 Å². The molecule has 0 radical (unpaired) electrons. The number of hydrogen-bond donors (Lipinski definition) is 3. The molecule has 0 atom stereocenters. The molecule has 1 aromatic rings. The Balaban J connectivity index is 1.79. The van der Waals surface area contributed by atoms with Gasteiger partial charge >= 0.3 is 0 Å². The standard InChI is InChI=1S/C19H30N2O4/c1-14-17(18(24)11-16(12-22)13-23)4-5-19(21-14)25-10-2-3-15-6-8-20-9-7-15/h4-5,15-16,20,22-23H,2-3,6-13H2,1H3. The number of nitrogens with one attached hydrogen (secondary N) is 1. The van der Waals surface area contributed by atoms with Gasteiger partial charge in [0.05, 0.1) is 12.3 Å². The van der Waals surface area contributed by atoms with Crippen LogP contribution < -0.4 is 10.1 Å². The minimum Gasteiger partial charge on any atom is -0.478 e. The van der Waals surface area contributed by atoms with Crippen molar-refractivity contribution in [3.63, 3.8) is 0 Å². The van der Waals surface area contributed by atoms with Crippen molar-refractivity contribution in [3.8, 4) is 5.88 Å². The predicted octanol–water partition coefficient (Wildman–Crippen LogP) is 1.72. The highest BCUT2D eigenvalue weighted by Crippen LogP contribution is 2.19. The number of aliphatic hydroxyl groups is 2. The van der Waals surface area contributed by atoms with E-state index in [0.29, 0.717) is 23.7 Å². The summed E-state index contributed by atoms with van der Waals surface area (Å²) in [6.45, 7) is 4.26. The predicted molar refractivity (Wildman–Crippen MR) is 95.9 cm³/mol. The van der Waals surface area contributed by atoms with Crippen molar-refractivity contribution in [2.24, 2.45) is 11.8 Å². The largest absolute Gasteiger partial charge is 0.478 e. The number of carbonyl (C=O) groups is 1. The minimum absolute atomic E-state index is 0.115. The topological polar surface area (TPSA) is 91.7 Å². The summed E-state index contributed by atoms with van der Waals surface area (Å²) in [4.78, 5) is 16.6. The van der Waals surface area contributed by atoms with Crippen LogP contribution in [0.5, 0.6) is 5.88 Å². The van der Waals surface area contributed by atoms with Gasteiger partial charge in [-0.05, 0) is 57.7 Å². The SMILES string of the molecule is Cc1nc(OCCCC2CCNCC2)ccc1C(=O)CC(CO)CO. The number of nitrogens with zero attached hydrogens (tertiary/aromatic N) is 1. The Bertz CT molecular complexity index is 540. The fraction of sp³-hybridized carbons (Fsp3) is 0.684. The molecule has 2 rings (SSSR count). The van der Waals surface area contributed by atoms with Crippen molar-refractivity contribution in [1.82, 2.24) is 10.3 Å². The van der Waals surface area contributed by atoms with Crippen molar-refractivity contribution >= 4 is 5.78 Å². The van der Waals surface area contributed by atoms with Gasteiger partial charge in [-0.3, -0.25) is 4.79 Å². The van der Waals surface area contributed by atoms with Crippen molar-refractivity contribution in [1.29, 1.82) is 0 Å². The number of piperidine rings is 1. The average molecular weight is 350 g/mol. The minimum atomic E-state index is -0.419. The van der Waals surface area contributed by atoms with Crippen LogP contribution in [-0.2, 0) is 0 Å². The Morgan fingerprint density at radius 1 is 1.32 bits per heavy atom. The lowest BCUT2D eigenvalue weighted by atomic mass is 9.93. The van der Waals surface area contributed by atoms with Gasteiger partial charge in [-0.25, -0.2) is 4.98 Å². The number of aryl methyl sites for hydroxylation is 1. The van der Waals surface area contributed by atoms with Crippen molar-refractivity contribution in [3.05, 3.63) is 23.4 Å². The quantitative estimate of drug-likeness (QED) is 0.440. The fourth-order valence-corrected chi connectivity index (χ4v) is 3.19. The molecule has 0 unspecified atom stereocenters. The second-order valence-electron chi connectivity index (χ2n) is 6.82. The molecular formula is C19H30N2O4. The van der Waals surface area contributed by atoms with Gasteiger partial charge in [-0.1, -0.05) is 0 Å². The second kappa shape index (κ2) is 10.5. The van der Waals surface area contributed by atoms with E-state index >= 15 is 0 Å². The van der Waals surface area contributed by atoms with E-state index in [0.717, 1.165) is 25.4 Å². The summed E-state index contributed by atoms with van der Waals surface area (Å²) in [5.41, 5.74) is 1.14. The normalized spacial score (nSPS) is 15.5. The maximum atomic E-state index is 12.2. The van der Waals surface area contributed by atoms with Gasteiger partial charge in [0, 0.05) is 37.2 Å². The smallest absolute Gasteiger partial charge is 0.213 e. The first kappa shape index (κ1) is 19.8. The van der Waals surface area contributed by atoms with E-state index in [2.05, 4.69) is 10.3 Å². The van der Waals surface area contributed by atoms with E-state index in [-0.39, 0.29) is 25.4 Å². The Labute approximate surface area is 149 Å². The molecule has 0 spiro atoms. The van der Waals surface area contributed by atoms with Crippen LogP contribution in [-0.4, -0.2) is 53.9 Å². The number of aromatic nitrogens is 1. The molecule has 1 saturated heterocycles. The molecule has 0 saturated carbocycles. The van der Waals surface area contributed by atoms with E-state index in [9.17, 15) is 4.79 Å². The second-order valence-corrected chi connectivity index (χ2v) is 6.82. The van der Waals surface area contributed by atoms with Gasteiger partial charge in [-0.15, -0.1) is 0 Å². The maximum Gasteiger partial charge on any atom is 0.213 e. The van der Waals surface area contributed by atoms with Crippen molar-refractivity contribution < 1.29 is 19.7 Å². The fourth-order valence-electron chi connectivity index (χ4n) is 3.19. The summed E-state index contributed by atoms with van der Waals surface area (Å²) in [6, 6.07) is 3.44. The van der Waals surface area contributed by atoms with Crippen LogP contribution in [0.15, 0.2) is 12.1 Å². The zero-order valence-electron chi connectivity index (χ0n) is 15.0. The van der Waals surface area contributed by atoms with Crippen LogP contribution in [0.25, 0.3) is 0 Å². The summed E-state index contributed by atoms with van der Waals surface area (Å²) in [5.74, 6) is 0.805. The summed E-state index contributed by atoms with van der Waals surface area (Å²) in [6.07, 6.45) is 4.81. The summed E-state index contributed by atoms with van der Waals surface area (Å²) < 4.78 is 5.72. The third kappa shape index (κ3) is 6.38.